The van der Waals surface area contributed by atoms with Crippen LogP contribution in [0.5, 0.6) is 0 Å². The van der Waals surface area contributed by atoms with E-state index in [0.717, 1.165) is 5.56 Å². The van der Waals surface area contributed by atoms with Crippen LogP contribution in [-0.4, -0.2) is 39.7 Å². The average Bonchev–Trinajstić information content (AvgIpc) is 2.57. The summed E-state index contributed by atoms with van der Waals surface area (Å²) in [6.45, 7) is 6.08. The molecule has 4 atom stereocenters. The lowest BCUT2D eigenvalue weighted by atomic mass is 9.86. The molecule has 0 radical (unpaired) electrons. The number of carbonyl (C=O) groups excluding carboxylic acids is 1. The smallest absolute Gasteiger partial charge is 0.311 e. The summed E-state index contributed by atoms with van der Waals surface area (Å²) >= 11 is 0. The molecule has 5 nitrogen and oxygen atoms in total. The molecule has 0 bridgehead atoms. The second-order valence-electron chi connectivity index (χ2n) is 5.50. The Labute approximate surface area is 138 Å². The van der Waals surface area contributed by atoms with Crippen molar-refractivity contribution < 1.29 is 23.7 Å². The van der Waals surface area contributed by atoms with E-state index < -0.39 is 5.92 Å². The second kappa shape index (κ2) is 10.4. The number of carbonyl (C=O) groups is 1. The fraction of sp³-hybridized carbons (Fsp3) is 0.611. The number of benzene rings is 1. The zero-order valence-electron chi connectivity index (χ0n) is 14.7. The molecule has 1 aromatic carbocycles. The highest BCUT2D eigenvalue weighted by Gasteiger charge is 2.35. The number of hydrogen-bond donors (Lipinski definition) is 0. The van der Waals surface area contributed by atoms with Gasteiger partial charge in [0.2, 0.25) is 0 Å². The molecule has 0 saturated heterocycles. The van der Waals surface area contributed by atoms with Gasteiger partial charge in [0.25, 0.3) is 0 Å². The SMILES string of the molecule is CCOC(=O)[C@@H](C)[C@H](OCOC)[C@@H](C)[C@H](OC)c1ccccc1. The zero-order chi connectivity index (χ0) is 17.2. The van der Waals surface area contributed by atoms with Crippen molar-refractivity contribution >= 4 is 5.97 Å². The maximum Gasteiger partial charge on any atom is 0.311 e. The molecule has 0 aliphatic heterocycles. The van der Waals surface area contributed by atoms with E-state index in [-0.39, 0.29) is 30.9 Å². The lowest BCUT2D eigenvalue weighted by molar-refractivity contribution is -0.166. The first-order chi connectivity index (χ1) is 11.1. The Kier molecular flexibility index (Phi) is 8.84. The summed E-state index contributed by atoms with van der Waals surface area (Å²) in [7, 11) is 3.22. The fourth-order valence-corrected chi connectivity index (χ4v) is 2.78. The van der Waals surface area contributed by atoms with E-state index in [9.17, 15) is 4.79 Å². The predicted octanol–water partition coefficient (Wildman–Crippen LogP) is 3.20. The molecule has 0 aliphatic carbocycles. The van der Waals surface area contributed by atoms with E-state index in [2.05, 4.69) is 0 Å². The maximum atomic E-state index is 12.1. The van der Waals surface area contributed by atoms with Crippen LogP contribution in [0, 0.1) is 11.8 Å². The molecule has 0 heterocycles. The van der Waals surface area contributed by atoms with E-state index in [0.29, 0.717) is 6.61 Å². The topological polar surface area (TPSA) is 54.0 Å². The first-order valence-electron chi connectivity index (χ1n) is 7.91. The van der Waals surface area contributed by atoms with Gasteiger partial charge in [0, 0.05) is 20.1 Å². The van der Waals surface area contributed by atoms with Gasteiger partial charge >= 0.3 is 5.97 Å². The number of rotatable bonds is 10. The molecule has 0 fully saturated rings. The molecule has 130 valence electrons. The summed E-state index contributed by atoms with van der Waals surface area (Å²) in [6, 6.07) is 9.91. The Morgan fingerprint density at radius 1 is 1.13 bits per heavy atom. The van der Waals surface area contributed by atoms with Crippen molar-refractivity contribution in [3.05, 3.63) is 35.9 Å². The van der Waals surface area contributed by atoms with Gasteiger partial charge < -0.3 is 18.9 Å². The Balaban J connectivity index is 2.96. The fourth-order valence-electron chi connectivity index (χ4n) is 2.78. The normalized spacial score (nSPS) is 16.4. The maximum absolute atomic E-state index is 12.1. The summed E-state index contributed by atoms with van der Waals surface area (Å²) in [5.41, 5.74) is 1.05. The van der Waals surface area contributed by atoms with Gasteiger partial charge in [-0.15, -0.1) is 0 Å². The lowest BCUT2D eigenvalue weighted by Gasteiger charge is -2.33. The first kappa shape index (κ1) is 19.6. The Bertz CT molecular complexity index is 448. The van der Waals surface area contributed by atoms with Crippen LogP contribution in [0.25, 0.3) is 0 Å². The summed E-state index contributed by atoms with van der Waals surface area (Å²) in [6.07, 6.45) is -0.561. The highest BCUT2D eigenvalue weighted by Crippen LogP contribution is 2.32. The second-order valence-corrected chi connectivity index (χ2v) is 5.50. The van der Waals surface area contributed by atoms with E-state index in [1.54, 1.807) is 21.1 Å². The van der Waals surface area contributed by atoms with Gasteiger partial charge in [-0.3, -0.25) is 4.79 Å². The average molecular weight is 324 g/mol. The Morgan fingerprint density at radius 2 is 1.78 bits per heavy atom. The highest BCUT2D eigenvalue weighted by atomic mass is 16.7. The third-order valence-corrected chi connectivity index (χ3v) is 3.91. The van der Waals surface area contributed by atoms with Crippen molar-refractivity contribution in [2.24, 2.45) is 11.8 Å². The molecule has 1 aromatic rings. The van der Waals surface area contributed by atoms with Crippen LogP contribution >= 0.6 is 0 Å². The van der Waals surface area contributed by atoms with Gasteiger partial charge in [-0.1, -0.05) is 37.3 Å². The van der Waals surface area contributed by atoms with Crippen molar-refractivity contribution in [3.63, 3.8) is 0 Å². The van der Waals surface area contributed by atoms with Crippen molar-refractivity contribution in [2.45, 2.75) is 33.0 Å². The van der Waals surface area contributed by atoms with E-state index in [1.165, 1.54) is 0 Å². The van der Waals surface area contributed by atoms with Crippen LogP contribution in [0.3, 0.4) is 0 Å². The minimum absolute atomic E-state index is 0.0584. The molecule has 5 heteroatoms. The standard InChI is InChI=1S/C18H28O5/c1-6-22-18(19)14(3)16(23-12-20-4)13(2)17(21-5)15-10-8-7-9-11-15/h7-11,13-14,16-17H,6,12H2,1-5H3/t13-,14+,16-,17+/m1/s1. The third kappa shape index (κ3) is 5.61. The summed E-state index contributed by atoms with van der Waals surface area (Å²) in [5.74, 6) is -0.748. The van der Waals surface area contributed by atoms with E-state index >= 15 is 0 Å². The summed E-state index contributed by atoms with van der Waals surface area (Å²) < 4.78 is 21.6. The summed E-state index contributed by atoms with van der Waals surface area (Å²) in [5, 5.41) is 0. The number of methoxy groups -OCH3 is 2. The van der Waals surface area contributed by atoms with Crippen LogP contribution in [0.1, 0.15) is 32.4 Å². The van der Waals surface area contributed by atoms with Gasteiger partial charge in [-0.25, -0.2) is 0 Å². The number of hydrogen-bond acceptors (Lipinski definition) is 5. The van der Waals surface area contributed by atoms with Crippen LogP contribution in [0.4, 0.5) is 0 Å². The van der Waals surface area contributed by atoms with E-state index in [1.807, 2.05) is 44.2 Å². The molecular formula is C18H28O5. The van der Waals surface area contributed by atoms with Gasteiger partial charge in [-0.2, -0.15) is 0 Å². The Morgan fingerprint density at radius 3 is 2.30 bits per heavy atom. The molecule has 1 rings (SSSR count). The monoisotopic (exact) mass is 324 g/mol. The molecule has 0 saturated carbocycles. The molecule has 0 amide bonds. The zero-order valence-corrected chi connectivity index (χ0v) is 14.7. The van der Waals surface area contributed by atoms with Crippen LogP contribution in [0.2, 0.25) is 0 Å². The predicted molar refractivity (Wildman–Crippen MR) is 87.9 cm³/mol. The molecule has 0 aliphatic rings. The van der Waals surface area contributed by atoms with Crippen molar-refractivity contribution in [3.8, 4) is 0 Å². The molecule has 23 heavy (non-hydrogen) atoms. The Hall–Kier alpha value is -1.43. The summed E-state index contributed by atoms with van der Waals surface area (Å²) in [4.78, 5) is 12.1. The van der Waals surface area contributed by atoms with Crippen LogP contribution in [0.15, 0.2) is 30.3 Å². The van der Waals surface area contributed by atoms with Crippen molar-refractivity contribution in [2.75, 3.05) is 27.6 Å². The number of esters is 1. The van der Waals surface area contributed by atoms with Crippen LogP contribution in [-0.2, 0) is 23.7 Å². The third-order valence-electron chi connectivity index (χ3n) is 3.91. The van der Waals surface area contributed by atoms with Gasteiger partial charge in [0.05, 0.1) is 24.7 Å². The van der Waals surface area contributed by atoms with Gasteiger partial charge in [0.15, 0.2) is 0 Å². The minimum atomic E-state index is -0.415. The number of ether oxygens (including phenoxy) is 4. The van der Waals surface area contributed by atoms with Crippen molar-refractivity contribution in [1.82, 2.24) is 0 Å². The van der Waals surface area contributed by atoms with E-state index in [4.69, 9.17) is 18.9 Å². The van der Waals surface area contributed by atoms with Gasteiger partial charge in [-0.05, 0) is 19.4 Å². The molecule has 0 aromatic heterocycles. The lowest BCUT2D eigenvalue weighted by Crippen LogP contribution is -2.38. The quantitative estimate of drug-likeness (QED) is 0.489. The molecule has 0 spiro atoms. The molecular weight excluding hydrogens is 296 g/mol. The highest BCUT2D eigenvalue weighted by molar-refractivity contribution is 5.72. The van der Waals surface area contributed by atoms with Crippen LogP contribution < -0.4 is 0 Å². The molecule has 0 unspecified atom stereocenters. The largest absolute Gasteiger partial charge is 0.466 e. The first-order valence-corrected chi connectivity index (χ1v) is 7.91. The van der Waals surface area contributed by atoms with Crippen molar-refractivity contribution in [1.29, 1.82) is 0 Å². The minimum Gasteiger partial charge on any atom is -0.466 e. The van der Waals surface area contributed by atoms with Gasteiger partial charge in [0.1, 0.15) is 6.79 Å². The molecule has 0 N–H and O–H groups in total.